The van der Waals surface area contributed by atoms with Crippen molar-refractivity contribution >= 4 is 11.7 Å². The summed E-state index contributed by atoms with van der Waals surface area (Å²) < 4.78 is 5.48. The lowest BCUT2D eigenvalue weighted by Crippen LogP contribution is -2.46. The van der Waals surface area contributed by atoms with Crippen LogP contribution in [0.4, 0.5) is 5.69 Å². The highest BCUT2D eigenvalue weighted by atomic mass is 16.5. The number of ether oxygens (including phenoxy) is 1. The second kappa shape index (κ2) is 5.40. The highest BCUT2D eigenvalue weighted by Crippen LogP contribution is 2.29. The Morgan fingerprint density at radius 2 is 2.33 bits per heavy atom. The van der Waals surface area contributed by atoms with Gasteiger partial charge in [0.05, 0.1) is 30.5 Å². The average molecular weight is 249 g/mol. The number of rotatable bonds is 3. The summed E-state index contributed by atoms with van der Waals surface area (Å²) in [6.45, 7) is 6.15. The molecule has 1 aromatic rings. The van der Waals surface area contributed by atoms with Gasteiger partial charge in [0.25, 0.3) is 0 Å². The first-order valence-electron chi connectivity index (χ1n) is 6.32. The molecule has 1 heterocycles. The minimum atomic E-state index is -0.866. The highest BCUT2D eigenvalue weighted by molar-refractivity contribution is 5.95. The van der Waals surface area contributed by atoms with Gasteiger partial charge in [0.2, 0.25) is 0 Å². The van der Waals surface area contributed by atoms with Gasteiger partial charge < -0.3 is 14.7 Å². The lowest BCUT2D eigenvalue weighted by molar-refractivity contribution is 0.0693. The number of benzene rings is 1. The predicted molar refractivity (Wildman–Crippen MR) is 70.4 cm³/mol. The molecule has 0 amide bonds. The molecule has 0 saturated carbocycles. The molecule has 2 rings (SSSR count). The van der Waals surface area contributed by atoms with Crippen LogP contribution in [0.3, 0.4) is 0 Å². The zero-order chi connectivity index (χ0) is 13.1. The Morgan fingerprint density at radius 1 is 1.56 bits per heavy atom. The van der Waals surface area contributed by atoms with Gasteiger partial charge in [0, 0.05) is 6.54 Å². The first-order chi connectivity index (χ1) is 8.65. The fourth-order valence-corrected chi connectivity index (χ4v) is 2.50. The van der Waals surface area contributed by atoms with E-state index in [2.05, 4.69) is 11.8 Å². The molecule has 4 nitrogen and oxygen atoms in total. The third-order valence-corrected chi connectivity index (χ3v) is 3.45. The van der Waals surface area contributed by atoms with Gasteiger partial charge in [-0.1, -0.05) is 19.1 Å². The maximum Gasteiger partial charge on any atom is 0.337 e. The smallest absolute Gasteiger partial charge is 0.337 e. The van der Waals surface area contributed by atoms with E-state index < -0.39 is 5.97 Å². The first-order valence-corrected chi connectivity index (χ1v) is 6.32. The van der Waals surface area contributed by atoms with E-state index in [0.29, 0.717) is 18.8 Å². The van der Waals surface area contributed by atoms with Crippen molar-refractivity contribution in [2.24, 2.45) is 0 Å². The Labute approximate surface area is 107 Å². The molecule has 1 saturated heterocycles. The minimum absolute atomic E-state index is 0.262. The van der Waals surface area contributed by atoms with Crippen molar-refractivity contribution in [2.45, 2.75) is 26.3 Å². The quantitative estimate of drug-likeness (QED) is 0.893. The summed E-state index contributed by atoms with van der Waals surface area (Å²) >= 11 is 0. The Morgan fingerprint density at radius 3 is 3.00 bits per heavy atom. The average Bonchev–Trinajstić information content (AvgIpc) is 2.38. The molecule has 1 N–H and O–H groups in total. The molecule has 0 aliphatic carbocycles. The Bertz CT molecular complexity index is 445. The molecule has 4 heteroatoms. The van der Waals surface area contributed by atoms with Gasteiger partial charge in [-0.3, -0.25) is 0 Å². The van der Waals surface area contributed by atoms with Crippen LogP contribution in [0.5, 0.6) is 0 Å². The maximum atomic E-state index is 11.4. The van der Waals surface area contributed by atoms with Crippen LogP contribution in [0.2, 0.25) is 0 Å². The van der Waals surface area contributed by atoms with Crippen molar-refractivity contribution in [2.75, 3.05) is 24.7 Å². The summed E-state index contributed by atoms with van der Waals surface area (Å²) in [6, 6.07) is 5.69. The summed E-state index contributed by atoms with van der Waals surface area (Å²) in [5.41, 5.74) is 2.24. The SMILES string of the molecule is CCC1COCCN1c1c(C)cccc1C(=O)O. The summed E-state index contributed by atoms with van der Waals surface area (Å²) in [5, 5.41) is 9.32. The van der Waals surface area contributed by atoms with Gasteiger partial charge in [-0.05, 0) is 25.0 Å². The molecule has 0 aromatic heterocycles. The molecule has 0 radical (unpaired) electrons. The highest BCUT2D eigenvalue weighted by Gasteiger charge is 2.26. The number of aryl methyl sites for hydroxylation is 1. The monoisotopic (exact) mass is 249 g/mol. The van der Waals surface area contributed by atoms with E-state index in [0.717, 1.165) is 24.2 Å². The van der Waals surface area contributed by atoms with Crippen LogP contribution < -0.4 is 4.90 Å². The number of anilines is 1. The van der Waals surface area contributed by atoms with Crippen molar-refractivity contribution in [1.82, 2.24) is 0 Å². The summed E-state index contributed by atoms with van der Waals surface area (Å²) in [7, 11) is 0. The topological polar surface area (TPSA) is 49.8 Å². The summed E-state index contributed by atoms with van der Waals surface area (Å²) in [4.78, 5) is 13.5. The second-order valence-corrected chi connectivity index (χ2v) is 4.61. The third-order valence-electron chi connectivity index (χ3n) is 3.45. The summed E-state index contributed by atoms with van der Waals surface area (Å²) in [6.07, 6.45) is 0.952. The van der Waals surface area contributed by atoms with Gasteiger partial charge in [0.15, 0.2) is 0 Å². The molecule has 98 valence electrons. The van der Waals surface area contributed by atoms with E-state index in [-0.39, 0.29) is 6.04 Å². The Kier molecular flexibility index (Phi) is 3.87. The number of carboxylic acids is 1. The van der Waals surface area contributed by atoms with Crippen LogP contribution in [0.15, 0.2) is 18.2 Å². The van der Waals surface area contributed by atoms with Crippen molar-refractivity contribution in [3.05, 3.63) is 29.3 Å². The maximum absolute atomic E-state index is 11.4. The molecule has 0 spiro atoms. The minimum Gasteiger partial charge on any atom is -0.478 e. The van der Waals surface area contributed by atoms with Crippen molar-refractivity contribution in [3.63, 3.8) is 0 Å². The van der Waals surface area contributed by atoms with Gasteiger partial charge in [-0.2, -0.15) is 0 Å². The van der Waals surface area contributed by atoms with E-state index >= 15 is 0 Å². The van der Waals surface area contributed by atoms with Crippen LogP contribution in [-0.2, 0) is 4.74 Å². The van der Waals surface area contributed by atoms with E-state index in [1.54, 1.807) is 12.1 Å². The van der Waals surface area contributed by atoms with Crippen LogP contribution in [0.1, 0.15) is 29.3 Å². The van der Waals surface area contributed by atoms with Crippen molar-refractivity contribution in [1.29, 1.82) is 0 Å². The van der Waals surface area contributed by atoms with Crippen molar-refractivity contribution in [3.8, 4) is 0 Å². The van der Waals surface area contributed by atoms with Gasteiger partial charge in [0.1, 0.15) is 0 Å². The Hall–Kier alpha value is -1.55. The lowest BCUT2D eigenvalue weighted by Gasteiger charge is -2.38. The fraction of sp³-hybridized carbons (Fsp3) is 0.500. The molecule has 1 atom stereocenters. The number of morpholine rings is 1. The van der Waals surface area contributed by atoms with E-state index in [4.69, 9.17) is 4.74 Å². The van der Waals surface area contributed by atoms with E-state index in [1.165, 1.54) is 0 Å². The van der Waals surface area contributed by atoms with Gasteiger partial charge >= 0.3 is 5.97 Å². The van der Waals surface area contributed by atoms with Gasteiger partial charge in [-0.15, -0.1) is 0 Å². The number of para-hydroxylation sites is 1. The number of carboxylic acid groups (broad SMARTS) is 1. The molecule has 1 unspecified atom stereocenters. The lowest BCUT2D eigenvalue weighted by atomic mass is 10.0. The standard InChI is InChI=1S/C14H19NO3/c1-3-11-9-18-8-7-15(11)13-10(2)5-4-6-12(13)14(16)17/h4-6,11H,3,7-9H2,1-2H3,(H,16,17). The molecule has 0 bridgehead atoms. The van der Waals surface area contributed by atoms with Crippen molar-refractivity contribution < 1.29 is 14.6 Å². The van der Waals surface area contributed by atoms with Crippen LogP contribution in [0.25, 0.3) is 0 Å². The molecule has 1 aliphatic heterocycles. The van der Waals surface area contributed by atoms with Crippen LogP contribution in [-0.4, -0.2) is 36.9 Å². The van der Waals surface area contributed by atoms with E-state index in [1.807, 2.05) is 13.0 Å². The molecular formula is C14H19NO3. The molecular weight excluding hydrogens is 230 g/mol. The molecule has 1 aromatic carbocycles. The Balaban J connectivity index is 2.44. The van der Waals surface area contributed by atoms with Gasteiger partial charge in [-0.25, -0.2) is 4.79 Å². The zero-order valence-electron chi connectivity index (χ0n) is 10.8. The fourth-order valence-electron chi connectivity index (χ4n) is 2.50. The van der Waals surface area contributed by atoms with E-state index in [9.17, 15) is 9.90 Å². The first kappa shape index (κ1) is 12.9. The third kappa shape index (κ3) is 2.34. The number of hydrogen-bond acceptors (Lipinski definition) is 3. The number of aromatic carboxylic acids is 1. The largest absolute Gasteiger partial charge is 0.478 e. The zero-order valence-corrected chi connectivity index (χ0v) is 10.8. The molecule has 1 aliphatic rings. The van der Waals surface area contributed by atoms with Crippen LogP contribution >= 0.6 is 0 Å². The molecule has 18 heavy (non-hydrogen) atoms. The normalized spacial score (nSPS) is 19.9. The number of carbonyl (C=O) groups is 1. The number of hydrogen-bond donors (Lipinski definition) is 1. The summed E-state index contributed by atoms with van der Waals surface area (Å²) in [5.74, 6) is -0.866. The van der Waals surface area contributed by atoms with Crippen LogP contribution in [0, 0.1) is 6.92 Å². The number of nitrogens with zero attached hydrogens (tertiary/aromatic N) is 1. The predicted octanol–water partition coefficient (Wildman–Crippen LogP) is 2.31. The second-order valence-electron chi connectivity index (χ2n) is 4.61. The molecule has 1 fully saturated rings.